The number of piperidine rings is 1. The lowest BCUT2D eigenvalue weighted by Crippen LogP contribution is -2.39. The van der Waals surface area contributed by atoms with E-state index >= 15 is 0 Å². The molecule has 1 saturated heterocycles. The van der Waals surface area contributed by atoms with E-state index in [1.165, 1.54) is 44.9 Å². The van der Waals surface area contributed by atoms with E-state index in [0.29, 0.717) is 18.4 Å². The maximum absolute atomic E-state index is 12.0. The Morgan fingerprint density at radius 3 is 2.65 bits per heavy atom. The number of rotatable bonds is 5. The Bertz CT molecular complexity index is 245. The minimum absolute atomic E-state index is 0.323. The van der Waals surface area contributed by atoms with Crippen LogP contribution in [-0.4, -0.2) is 37.0 Å². The van der Waals surface area contributed by atoms with E-state index in [4.69, 9.17) is 0 Å². The van der Waals surface area contributed by atoms with Crippen molar-refractivity contribution in [3.8, 4) is 0 Å². The van der Waals surface area contributed by atoms with Crippen molar-refractivity contribution in [3.05, 3.63) is 0 Å². The molecule has 3 nitrogen and oxygen atoms in total. The van der Waals surface area contributed by atoms with E-state index in [9.17, 15) is 4.79 Å². The van der Waals surface area contributed by atoms with Crippen LogP contribution < -0.4 is 5.32 Å². The third-order valence-electron chi connectivity index (χ3n) is 4.36. The van der Waals surface area contributed by atoms with Crippen molar-refractivity contribution in [3.63, 3.8) is 0 Å². The molecule has 0 aromatic carbocycles. The number of nitrogens with one attached hydrogen (secondary N) is 1. The maximum Gasteiger partial charge on any atom is 0.223 e. The summed E-state index contributed by atoms with van der Waals surface area (Å²) in [4.78, 5) is 14.0. The van der Waals surface area contributed by atoms with Crippen molar-refractivity contribution in [1.82, 2.24) is 10.2 Å². The minimum atomic E-state index is 0.323. The lowest BCUT2D eigenvalue weighted by atomic mass is 9.83. The van der Waals surface area contributed by atoms with Crippen LogP contribution in [0.2, 0.25) is 0 Å². The van der Waals surface area contributed by atoms with Gasteiger partial charge in [0.25, 0.3) is 0 Å². The van der Waals surface area contributed by atoms with Crippen LogP contribution in [0.5, 0.6) is 0 Å². The summed E-state index contributed by atoms with van der Waals surface area (Å²) in [7, 11) is 1.96. The minimum Gasteiger partial charge on any atom is -0.346 e. The van der Waals surface area contributed by atoms with E-state index < -0.39 is 0 Å². The summed E-state index contributed by atoms with van der Waals surface area (Å²) in [5.74, 6) is 1.22. The largest absolute Gasteiger partial charge is 0.346 e. The smallest absolute Gasteiger partial charge is 0.223 e. The van der Waals surface area contributed by atoms with Gasteiger partial charge in [-0.2, -0.15) is 0 Å². The van der Waals surface area contributed by atoms with Gasteiger partial charge in [0, 0.05) is 26.1 Å². The summed E-state index contributed by atoms with van der Waals surface area (Å²) < 4.78 is 0. The van der Waals surface area contributed by atoms with Crippen LogP contribution in [0.25, 0.3) is 0 Å². The van der Waals surface area contributed by atoms with Gasteiger partial charge in [0.05, 0.1) is 0 Å². The second kappa shape index (κ2) is 6.39. The van der Waals surface area contributed by atoms with Gasteiger partial charge in [0.15, 0.2) is 0 Å². The van der Waals surface area contributed by atoms with E-state index in [1.54, 1.807) is 0 Å². The van der Waals surface area contributed by atoms with Crippen LogP contribution in [0.4, 0.5) is 0 Å². The number of hydrogen-bond donors (Lipinski definition) is 1. The molecule has 1 saturated carbocycles. The number of hydrogen-bond acceptors (Lipinski definition) is 2. The maximum atomic E-state index is 12.0. The monoisotopic (exact) mass is 238 g/mol. The van der Waals surface area contributed by atoms with Crippen molar-refractivity contribution in [1.29, 1.82) is 0 Å². The Morgan fingerprint density at radius 2 is 2.06 bits per heavy atom. The summed E-state index contributed by atoms with van der Waals surface area (Å²) in [5.41, 5.74) is 0. The molecular weight excluding hydrogens is 212 g/mol. The van der Waals surface area contributed by atoms with E-state index in [0.717, 1.165) is 19.0 Å². The second-order valence-corrected chi connectivity index (χ2v) is 5.75. The van der Waals surface area contributed by atoms with Gasteiger partial charge in [0.2, 0.25) is 5.91 Å². The molecule has 1 aliphatic heterocycles. The first-order chi connectivity index (χ1) is 8.25. The highest BCUT2D eigenvalue weighted by Gasteiger charge is 2.21. The van der Waals surface area contributed by atoms with Crippen molar-refractivity contribution in [2.24, 2.45) is 5.92 Å². The molecule has 0 aromatic heterocycles. The van der Waals surface area contributed by atoms with Crippen LogP contribution in [0, 0.1) is 5.92 Å². The first-order valence-corrected chi connectivity index (χ1v) is 7.23. The zero-order valence-corrected chi connectivity index (χ0v) is 11.1. The molecule has 1 unspecified atom stereocenters. The molecule has 0 bridgehead atoms. The standard InChI is InChI=1S/C14H26N2O/c1-16(10-8-12-5-4-6-12)14(17)11-13-7-2-3-9-15-13/h12-13,15H,2-11H2,1H3. The summed E-state index contributed by atoms with van der Waals surface area (Å²) in [5, 5.41) is 3.44. The van der Waals surface area contributed by atoms with Crippen LogP contribution in [0.1, 0.15) is 51.4 Å². The number of nitrogens with zero attached hydrogens (tertiary/aromatic N) is 1. The molecule has 1 amide bonds. The molecule has 0 aromatic rings. The predicted molar refractivity (Wildman–Crippen MR) is 69.9 cm³/mol. The second-order valence-electron chi connectivity index (χ2n) is 5.75. The number of carbonyl (C=O) groups is 1. The molecular formula is C14H26N2O. The van der Waals surface area contributed by atoms with Crippen LogP contribution in [0.15, 0.2) is 0 Å². The Kier molecular flexibility index (Phi) is 4.84. The third kappa shape index (κ3) is 3.98. The molecule has 2 aliphatic rings. The van der Waals surface area contributed by atoms with Crippen LogP contribution in [-0.2, 0) is 4.79 Å². The molecule has 98 valence electrons. The van der Waals surface area contributed by atoms with E-state index in [1.807, 2.05) is 11.9 Å². The van der Waals surface area contributed by atoms with Gasteiger partial charge in [0.1, 0.15) is 0 Å². The molecule has 2 fully saturated rings. The lowest BCUT2D eigenvalue weighted by molar-refractivity contribution is -0.130. The molecule has 0 radical (unpaired) electrons. The Balaban J connectivity index is 1.63. The van der Waals surface area contributed by atoms with Gasteiger partial charge in [-0.15, -0.1) is 0 Å². The highest BCUT2D eigenvalue weighted by atomic mass is 16.2. The highest BCUT2D eigenvalue weighted by Crippen LogP contribution is 2.29. The van der Waals surface area contributed by atoms with Gasteiger partial charge >= 0.3 is 0 Å². The van der Waals surface area contributed by atoms with Gasteiger partial charge in [-0.05, 0) is 31.7 Å². The van der Waals surface area contributed by atoms with E-state index in [2.05, 4.69) is 5.32 Å². The fourth-order valence-electron chi connectivity index (χ4n) is 2.75. The fourth-order valence-corrected chi connectivity index (χ4v) is 2.75. The molecule has 1 atom stereocenters. The summed E-state index contributed by atoms with van der Waals surface area (Å²) in [6.07, 6.45) is 9.77. The molecule has 1 N–H and O–H groups in total. The van der Waals surface area contributed by atoms with Gasteiger partial charge in [-0.25, -0.2) is 0 Å². The first-order valence-electron chi connectivity index (χ1n) is 7.23. The predicted octanol–water partition coefficient (Wildman–Crippen LogP) is 2.17. The molecule has 2 rings (SSSR count). The topological polar surface area (TPSA) is 32.3 Å². The van der Waals surface area contributed by atoms with Crippen molar-refractivity contribution in [2.45, 2.75) is 57.4 Å². The third-order valence-corrected chi connectivity index (χ3v) is 4.36. The van der Waals surface area contributed by atoms with Gasteiger partial charge in [-0.3, -0.25) is 4.79 Å². The van der Waals surface area contributed by atoms with Crippen molar-refractivity contribution in [2.75, 3.05) is 20.1 Å². The molecule has 17 heavy (non-hydrogen) atoms. The Morgan fingerprint density at radius 1 is 1.24 bits per heavy atom. The zero-order valence-electron chi connectivity index (χ0n) is 11.1. The van der Waals surface area contributed by atoms with Crippen LogP contribution >= 0.6 is 0 Å². The molecule has 1 aliphatic carbocycles. The molecule has 3 heteroatoms. The SMILES string of the molecule is CN(CCC1CCC1)C(=O)CC1CCCCN1. The molecule has 0 spiro atoms. The van der Waals surface area contributed by atoms with Crippen LogP contribution in [0.3, 0.4) is 0 Å². The average molecular weight is 238 g/mol. The van der Waals surface area contributed by atoms with Gasteiger partial charge < -0.3 is 10.2 Å². The number of amides is 1. The van der Waals surface area contributed by atoms with Gasteiger partial charge in [-0.1, -0.05) is 25.7 Å². The normalized spacial score (nSPS) is 25.4. The first kappa shape index (κ1) is 12.9. The Hall–Kier alpha value is -0.570. The fraction of sp³-hybridized carbons (Fsp3) is 0.929. The Labute approximate surface area is 105 Å². The summed E-state index contributed by atoms with van der Waals surface area (Å²) >= 11 is 0. The average Bonchev–Trinajstić information content (AvgIpc) is 2.28. The lowest BCUT2D eigenvalue weighted by Gasteiger charge is -2.29. The zero-order chi connectivity index (χ0) is 12.1. The quantitative estimate of drug-likeness (QED) is 0.796. The summed E-state index contributed by atoms with van der Waals surface area (Å²) in [6, 6.07) is 0.433. The highest BCUT2D eigenvalue weighted by molar-refractivity contribution is 5.76. The van der Waals surface area contributed by atoms with Crippen molar-refractivity contribution >= 4 is 5.91 Å². The van der Waals surface area contributed by atoms with Crippen molar-refractivity contribution < 1.29 is 4.79 Å². The van der Waals surface area contributed by atoms with E-state index in [-0.39, 0.29) is 0 Å². The molecule has 1 heterocycles. The number of carbonyl (C=O) groups excluding carboxylic acids is 1. The summed E-state index contributed by atoms with van der Waals surface area (Å²) in [6.45, 7) is 2.04.